The molecule has 8 aliphatic rings. The maximum absolute atomic E-state index is 13.4. The highest BCUT2D eigenvalue weighted by Crippen LogP contribution is 2.44. The third-order valence-corrected chi connectivity index (χ3v) is 19.5. The lowest BCUT2D eigenvalue weighted by molar-refractivity contribution is -0.122. The van der Waals surface area contributed by atoms with Crippen LogP contribution in [0.5, 0.6) is 0 Å². The van der Waals surface area contributed by atoms with Crippen molar-refractivity contribution in [2.24, 2.45) is 33.7 Å². The number of carbonyl (C=O) groups is 2. The van der Waals surface area contributed by atoms with Gasteiger partial charge in [-0.2, -0.15) is 0 Å². The molecular formula is C61H108Cl2N10O13. The molecule has 10 unspecified atom stereocenters. The molecule has 0 aromatic carbocycles. The Kier molecular flexibility index (Phi) is 31.7. The van der Waals surface area contributed by atoms with E-state index in [2.05, 4.69) is 56.0 Å². The molecule has 4 heterocycles. The van der Waals surface area contributed by atoms with Crippen LogP contribution in [0.2, 0.25) is 0 Å². The van der Waals surface area contributed by atoms with Gasteiger partial charge in [0.25, 0.3) is 0 Å². The van der Waals surface area contributed by atoms with Gasteiger partial charge in [-0.15, -0.1) is 23.2 Å². The molecule has 0 aromatic rings. The van der Waals surface area contributed by atoms with E-state index in [1.54, 1.807) is 0 Å². The molecule has 0 radical (unpaired) electrons. The Morgan fingerprint density at radius 1 is 0.477 bits per heavy atom. The predicted molar refractivity (Wildman–Crippen MR) is 329 cm³/mol. The first kappa shape index (κ1) is 70.1. The van der Waals surface area contributed by atoms with Crippen molar-refractivity contribution < 1.29 is 61.7 Å². The lowest BCUT2D eigenvalue weighted by Gasteiger charge is -2.44. The fourth-order valence-corrected chi connectivity index (χ4v) is 14.9. The predicted octanol–water partition coefficient (Wildman–Crippen LogP) is 4.31. The van der Waals surface area contributed by atoms with E-state index in [1.807, 2.05) is 14.0 Å². The number of hydrogen-bond donors (Lipinski definition) is 6. The second kappa shape index (κ2) is 38.9. The maximum atomic E-state index is 13.4. The Balaban J connectivity index is 0.558. The van der Waals surface area contributed by atoms with E-state index >= 15 is 0 Å². The van der Waals surface area contributed by atoms with Gasteiger partial charge in [-0.3, -0.25) is 29.4 Å². The minimum absolute atomic E-state index is 0.0231. The SMILES string of the molecule is CCNC(=O)C[C@@H]1N=C(C2CCC(Cl)CC2)C2CC(OCCOCCOCCOCCOCCOCCOCCOCCOCCOCCNC(=O)C[C@@H]3N=C(C4CCC(Cl)CC4)C4CC(OC)CCC4N4C(C)NNC34)CCC2N2C(C)NNC12. The van der Waals surface area contributed by atoms with Gasteiger partial charge in [0.15, 0.2) is 0 Å². The smallest absolute Gasteiger partial charge is 0.222 e. The van der Waals surface area contributed by atoms with Crippen LogP contribution in [0.1, 0.15) is 124 Å². The van der Waals surface area contributed by atoms with Gasteiger partial charge in [0, 0.05) is 66.3 Å². The van der Waals surface area contributed by atoms with Crippen molar-refractivity contribution in [1.82, 2.24) is 42.1 Å². The van der Waals surface area contributed by atoms with Gasteiger partial charge in [0.2, 0.25) is 11.8 Å². The number of alkyl halides is 2. The molecule has 8 rings (SSSR count). The number of fused-ring (bicyclic) bond motifs is 6. The number of aliphatic imine (C=N–C) groups is 2. The molecule has 2 amide bonds. The van der Waals surface area contributed by atoms with E-state index < -0.39 is 0 Å². The molecule has 0 spiro atoms. The maximum Gasteiger partial charge on any atom is 0.222 e. The Labute approximate surface area is 522 Å². The van der Waals surface area contributed by atoms with Crippen LogP contribution in [0.4, 0.5) is 0 Å². The lowest BCUT2D eigenvalue weighted by atomic mass is 9.72. The number of nitrogens with one attached hydrogen (secondary N) is 6. The molecule has 6 N–H and O–H groups in total. The molecule has 0 bridgehead atoms. The first-order valence-corrected chi connectivity index (χ1v) is 33.9. The molecule has 2 saturated heterocycles. The molecule has 25 heteroatoms. The summed E-state index contributed by atoms with van der Waals surface area (Å²) in [6.45, 7) is 16.4. The summed E-state index contributed by atoms with van der Waals surface area (Å²) in [6.07, 6.45) is 15.4. The third kappa shape index (κ3) is 21.9. The van der Waals surface area contributed by atoms with Crippen molar-refractivity contribution >= 4 is 46.4 Å². The van der Waals surface area contributed by atoms with Crippen LogP contribution in [0.15, 0.2) is 9.98 Å². The van der Waals surface area contributed by atoms with E-state index in [1.165, 1.54) is 11.4 Å². The van der Waals surface area contributed by atoms with Crippen LogP contribution >= 0.6 is 23.2 Å². The van der Waals surface area contributed by atoms with Gasteiger partial charge < -0.3 is 62.7 Å². The lowest BCUT2D eigenvalue weighted by Crippen LogP contribution is -2.55. The van der Waals surface area contributed by atoms with E-state index in [0.717, 1.165) is 89.9 Å². The third-order valence-electron chi connectivity index (χ3n) is 18.6. The summed E-state index contributed by atoms with van der Waals surface area (Å²) in [6, 6.07) is 0.287. The highest BCUT2D eigenvalue weighted by Gasteiger charge is 2.52. The molecule has 4 aliphatic carbocycles. The highest BCUT2D eigenvalue weighted by molar-refractivity contribution is 6.21. The first-order chi connectivity index (χ1) is 42.1. The Hall–Kier alpha value is -1.82. The molecule has 0 aromatic heterocycles. The zero-order chi connectivity index (χ0) is 60.3. The molecular weight excluding hydrogens is 1150 g/mol. The average molecular weight is 1260 g/mol. The Morgan fingerprint density at radius 3 is 1.23 bits per heavy atom. The van der Waals surface area contributed by atoms with Crippen LogP contribution < -0.4 is 32.3 Å². The number of halogens is 2. The van der Waals surface area contributed by atoms with Crippen LogP contribution in [0, 0.1) is 23.7 Å². The Morgan fingerprint density at radius 2 is 0.837 bits per heavy atom. The van der Waals surface area contributed by atoms with Crippen LogP contribution in [-0.4, -0.2) is 251 Å². The second-order valence-electron chi connectivity index (χ2n) is 24.4. The summed E-state index contributed by atoms with van der Waals surface area (Å²) < 4.78 is 63.4. The summed E-state index contributed by atoms with van der Waals surface area (Å²) in [5.74, 6) is 1.38. The van der Waals surface area contributed by atoms with Gasteiger partial charge in [-0.1, -0.05) is 0 Å². The van der Waals surface area contributed by atoms with E-state index in [-0.39, 0.29) is 77.4 Å². The fraction of sp³-hybridized carbons (Fsp3) is 0.934. The molecule has 12 atom stereocenters. The number of carbonyl (C=O) groups excluding carboxylic acids is 2. The summed E-state index contributed by atoms with van der Waals surface area (Å²) in [5, 5.41) is 6.54. The van der Waals surface area contributed by atoms with Gasteiger partial charge in [0.05, 0.1) is 187 Å². The standard InChI is InChI=1S/C61H108Cl2N10O13/c1-5-64-56(74)40-52-60-70-69-43(3)73(60)55-17-15-49(39-51(55)59(66-52)45-8-12-47(63)13-9-45)86-37-36-85-35-34-84-33-32-83-31-30-82-29-28-81-27-26-80-25-24-79-23-22-78-21-20-77-19-18-65-57(75)41-53-61-71-68-42(2)72(61)54-16-14-48(76-4)38-50(54)58(67-53)44-6-10-46(62)11-7-44/h42-55,60-61,68-71H,5-41H2,1-4H3,(H,64,74)(H,65,75)/t42?,43?,44?,45?,46?,47?,48?,49?,50?,51?,52-,53-,54?,55?,60?,61?/m0/s1. The quantitative estimate of drug-likeness (QED) is 0.0371. The minimum atomic E-state index is -0.210. The van der Waals surface area contributed by atoms with Gasteiger partial charge in [0.1, 0.15) is 0 Å². The molecule has 494 valence electrons. The average Bonchev–Trinajstić information content (AvgIpc) is 1.81. The minimum Gasteiger partial charge on any atom is -0.381 e. The van der Waals surface area contributed by atoms with Crippen molar-refractivity contribution in [3.8, 4) is 0 Å². The van der Waals surface area contributed by atoms with E-state index in [4.69, 9.17) is 85.3 Å². The van der Waals surface area contributed by atoms with Gasteiger partial charge in [-0.25, -0.2) is 21.7 Å². The van der Waals surface area contributed by atoms with Crippen LogP contribution in [-0.2, 0) is 61.7 Å². The van der Waals surface area contributed by atoms with Crippen molar-refractivity contribution in [3.63, 3.8) is 0 Å². The topological polar surface area (TPSA) is 239 Å². The van der Waals surface area contributed by atoms with Gasteiger partial charge in [-0.05, 0) is 122 Å². The normalized spacial score (nSPS) is 33.2. The van der Waals surface area contributed by atoms with Gasteiger partial charge >= 0.3 is 0 Å². The monoisotopic (exact) mass is 1260 g/mol. The number of nitrogens with zero attached hydrogens (tertiary/aromatic N) is 4. The van der Waals surface area contributed by atoms with Crippen molar-refractivity contribution in [2.75, 3.05) is 146 Å². The second-order valence-corrected chi connectivity index (χ2v) is 25.6. The molecule has 6 fully saturated rings. The highest BCUT2D eigenvalue weighted by atomic mass is 35.5. The number of ether oxygens (including phenoxy) is 11. The van der Waals surface area contributed by atoms with Crippen LogP contribution in [0.25, 0.3) is 0 Å². The molecule has 4 aliphatic heterocycles. The van der Waals surface area contributed by atoms with Crippen molar-refractivity contribution in [1.29, 1.82) is 0 Å². The van der Waals surface area contributed by atoms with Crippen LogP contribution in [0.3, 0.4) is 0 Å². The zero-order valence-electron chi connectivity index (χ0n) is 52.3. The molecule has 23 nitrogen and oxygen atoms in total. The largest absolute Gasteiger partial charge is 0.381 e. The number of amides is 2. The summed E-state index contributed by atoms with van der Waals surface area (Å²) >= 11 is 13.1. The zero-order valence-corrected chi connectivity index (χ0v) is 53.8. The number of methoxy groups -OCH3 is 1. The first-order valence-electron chi connectivity index (χ1n) is 33.0. The number of hydrogen-bond acceptors (Lipinski definition) is 21. The number of hydrazine groups is 2. The van der Waals surface area contributed by atoms with E-state index in [0.29, 0.717) is 181 Å². The Bertz CT molecular complexity index is 2000. The van der Waals surface area contributed by atoms with E-state index in [9.17, 15) is 9.59 Å². The molecule has 4 saturated carbocycles. The summed E-state index contributed by atoms with van der Waals surface area (Å²) in [5.41, 5.74) is 16.5. The fourth-order valence-electron chi connectivity index (χ4n) is 14.4. The van der Waals surface area contributed by atoms with Crippen molar-refractivity contribution in [3.05, 3.63) is 0 Å². The summed E-state index contributed by atoms with van der Waals surface area (Å²) in [7, 11) is 1.82. The number of rotatable bonds is 39. The molecule has 86 heavy (non-hydrogen) atoms. The summed E-state index contributed by atoms with van der Waals surface area (Å²) in [4.78, 5) is 42.4. The van der Waals surface area contributed by atoms with Crippen molar-refractivity contribution in [2.45, 2.75) is 195 Å².